The molecule has 2 N–H and O–H groups in total. The number of aliphatic hydroxyl groups is 1. The summed E-state index contributed by atoms with van der Waals surface area (Å²) in [4.78, 5) is 0. The molecule has 0 radical (unpaired) electrons. The van der Waals surface area contributed by atoms with Gasteiger partial charge in [0, 0.05) is 17.1 Å². The normalized spacial score (nSPS) is 25.6. The first-order valence-electron chi connectivity index (χ1n) is 6.72. The first-order valence-corrected chi connectivity index (χ1v) is 7.51. The highest BCUT2D eigenvalue weighted by atomic mass is 79.9. The van der Waals surface area contributed by atoms with E-state index in [-0.39, 0.29) is 6.10 Å². The summed E-state index contributed by atoms with van der Waals surface area (Å²) in [5, 5.41) is 13.0. The monoisotopic (exact) mass is 327 g/mol. The smallest absolute Gasteiger partial charge is 0.231 e. The van der Waals surface area contributed by atoms with Crippen LogP contribution in [0.25, 0.3) is 0 Å². The van der Waals surface area contributed by atoms with Gasteiger partial charge >= 0.3 is 0 Å². The van der Waals surface area contributed by atoms with E-state index in [2.05, 4.69) is 21.2 Å². The van der Waals surface area contributed by atoms with Crippen LogP contribution in [0.1, 0.15) is 31.2 Å². The van der Waals surface area contributed by atoms with Crippen molar-refractivity contribution >= 4 is 15.9 Å². The maximum atomic E-state index is 9.50. The minimum atomic E-state index is -0.102. The van der Waals surface area contributed by atoms with Gasteiger partial charge in [-0.2, -0.15) is 0 Å². The van der Waals surface area contributed by atoms with Crippen LogP contribution < -0.4 is 14.8 Å². The molecule has 1 fully saturated rings. The molecule has 1 saturated carbocycles. The molecule has 0 unspecified atom stereocenters. The molecule has 4 nitrogen and oxygen atoms in total. The van der Waals surface area contributed by atoms with Crippen molar-refractivity contribution in [3.63, 3.8) is 0 Å². The maximum absolute atomic E-state index is 9.50. The zero-order valence-corrected chi connectivity index (χ0v) is 12.3. The molecule has 1 heterocycles. The first-order chi connectivity index (χ1) is 9.22. The van der Waals surface area contributed by atoms with Gasteiger partial charge in [0.05, 0.1) is 6.10 Å². The predicted octanol–water partition coefficient (Wildman–Crippen LogP) is 2.57. The molecule has 1 aliphatic carbocycles. The Kier molecular flexibility index (Phi) is 3.96. The van der Waals surface area contributed by atoms with Gasteiger partial charge in [-0.05, 0) is 43.4 Å². The number of hydrogen-bond donors (Lipinski definition) is 2. The lowest BCUT2D eigenvalue weighted by Gasteiger charge is -2.26. The standard InChI is InChI=1S/C14H18BrNO3/c15-12-6-14-13(18-8-19-14)5-9(12)7-16-10-1-3-11(17)4-2-10/h5-6,10-11,16-17H,1-4,7-8H2. The minimum Gasteiger partial charge on any atom is -0.454 e. The molecule has 0 bridgehead atoms. The molecule has 0 aromatic heterocycles. The van der Waals surface area contributed by atoms with E-state index in [4.69, 9.17) is 9.47 Å². The van der Waals surface area contributed by atoms with Gasteiger partial charge in [0.1, 0.15) is 0 Å². The molecule has 1 aliphatic heterocycles. The van der Waals surface area contributed by atoms with E-state index in [1.807, 2.05) is 12.1 Å². The summed E-state index contributed by atoms with van der Waals surface area (Å²) in [6.07, 6.45) is 3.79. The molecule has 104 valence electrons. The van der Waals surface area contributed by atoms with E-state index in [0.29, 0.717) is 12.8 Å². The highest BCUT2D eigenvalue weighted by Crippen LogP contribution is 2.37. The molecule has 0 amide bonds. The van der Waals surface area contributed by atoms with E-state index in [1.54, 1.807) is 0 Å². The van der Waals surface area contributed by atoms with E-state index < -0.39 is 0 Å². The van der Waals surface area contributed by atoms with Gasteiger partial charge < -0.3 is 19.9 Å². The number of fused-ring (bicyclic) bond motifs is 1. The largest absolute Gasteiger partial charge is 0.454 e. The summed E-state index contributed by atoms with van der Waals surface area (Å²) in [6, 6.07) is 4.49. The van der Waals surface area contributed by atoms with E-state index in [0.717, 1.165) is 48.2 Å². The molecule has 2 aliphatic rings. The predicted molar refractivity (Wildman–Crippen MR) is 75.4 cm³/mol. The maximum Gasteiger partial charge on any atom is 0.231 e. The number of ether oxygens (including phenoxy) is 2. The summed E-state index contributed by atoms with van der Waals surface area (Å²) in [6.45, 7) is 1.11. The van der Waals surface area contributed by atoms with Crippen molar-refractivity contribution in [2.75, 3.05) is 6.79 Å². The second-order valence-corrected chi connectivity index (χ2v) is 6.04. The van der Waals surface area contributed by atoms with Crippen molar-refractivity contribution in [2.45, 2.75) is 44.4 Å². The molecule has 5 heteroatoms. The van der Waals surface area contributed by atoms with Gasteiger partial charge in [0.2, 0.25) is 6.79 Å². The average Bonchev–Trinajstić information content (AvgIpc) is 2.85. The number of halogens is 1. The summed E-state index contributed by atoms with van der Waals surface area (Å²) in [5.74, 6) is 1.62. The fraction of sp³-hybridized carbons (Fsp3) is 0.571. The Morgan fingerprint density at radius 1 is 1.16 bits per heavy atom. The minimum absolute atomic E-state index is 0.102. The third-order valence-electron chi connectivity index (χ3n) is 3.82. The zero-order valence-electron chi connectivity index (χ0n) is 10.7. The fourth-order valence-corrected chi connectivity index (χ4v) is 3.09. The Morgan fingerprint density at radius 3 is 2.58 bits per heavy atom. The Bertz CT molecular complexity index is 458. The van der Waals surface area contributed by atoms with Crippen molar-refractivity contribution in [2.24, 2.45) is 0 Å². The average molecular weight is 328 g/mol. The Balaban J connectivity index is 1.61. The molecule has 0 saturated heterocycles. The third-order valence-corrected chi connectivity index (χ3v) is 4.56. The summed E-state index contributed by atoms with van der Waals surface area (Å²) in [5.41, 5.74) is 1.18. The van der Waals surface area contributed by atoms with Crippen LogP contribution >= 0.6 is 15.9 Å². The zero-order chi connectivity index (χ0) is 13.2. The number of hydrogen-bond acceptors (Lipinski definition) is 4. The summed E-state index contributed by atoms with van der Waals surface area (Å²) in [7, 11) is 0. The second kappa shape index (κ2) is 5.69. The first kappa shape index (κ1) is 13.2. The lowest BCUT2D eigenvalue weighted by molar-refractivity contribution is 0.116. The summed E-state index contributed by atoms with van der Waals surface area (Å²) >= 11 is 3.57. The lowest BCUT2D eigenvalue weighted by atomic mass is 9.93. The molecular formula is C14H18BrNO3. The van der Waals surface area contributed by atoms with Gasteiger partial charge in [0.25, 0.3) is 0 Å². The van der Waals surface area contributed by atoms with Crippen LogP contribution in [0.15, 0.2) is 16.6 Å². The van der Waals surface area contributed by atoms with Crippen LogP contribution in [0.2, 0.25) is 0 Å². The van der Waals surface area contributed by atoms with E-state index in [1.165, 1.54) is 5.56 Å². The van der Waals surface area contributed by atoms with Crippen LogP contribution in [0, 0.1) is 0 Å². The lowest BCUT2D eigenvalue weighted by Crippen LogP contribution is -2.34. The van der Waals surface area contributed by atoms with E-state index >= 15 is 0 Å². The molecule has 0 atom stereocenters. The number of benzene rings is 1. The van der Waals surface area contributed by atoms with Crippen LogP contribution in [0.5, 0.6) is 11.5 Å². The summed E-state index contributed by atoms with van der Waals surface area (Å²) < 4.78 is 11.8. The van der Waals surface area contributed by atoms with Crippen molar-refractivity contribution in [1.29, 1.82) is 0 Å². The SMILES string of the molecule is OC1CCC(NCc2cc3c(cc2Br)OCO3)CC1. The van der Waals surface area contributed by atoms with Crippen LogP contribution in [0.4, 0.5) is 0 Å². The van der Waals surface area contributed by atoms with Crippen LogP contribution in [0.3, 0.4) is 0 Å². The Hall–Kier alpha value is -0.780. The Morgan fingerprint density at radius 2 is 1.84 bits per heavy atom. The molecule has 3 rings (SSSR count). The molecule has 1 aromatic carbocycles. The van der Waals surface area contributed by atoms with Crippen LogP contribution in [-0.2, 0) is 6.54 Å². The number of aliphatic hydroxyl groups excluding tert-OH is 1. The second-order valence-electron chi connectivity index (χ2n) is 5.18. The fourth-order valence-electron chi connectivity index (χ4n) is 2.63. The van der Waals surface area contributed by atoms with E-state index in [9.17, 15) is 5.11 Å². The third kappa shape index (κ3) is 3.04. The van der Waals surface area contributed by atoms with Gasteiger partial charge in [-0.15, -0.1) is 0 Å². The molecule has 1 aromatic rings. The van der Waals surface area contributed by atoms with Crippen molar-refractivity contribution in [1.82, 2.24) is 5.32 Å². The van der Waals surface area contributed by atoms with Gasteiger partial charge in [0.15, 0.2) is 11.5 Å². The van der Waals surface area contributed by atoms with Gasteiger partial charge in [-0.25, -0.2) is 0 Å². The van der Waals surface area contributed by atoms with Crippen LogP contribution in [-0.4, -0.2) is 24.0 Å². The molecule has 0 spiro atoms. The highest BCUT2D eigenvalue weighted by Gasteiger charge is 2.20. The Labute approximate surface area is 121 Å². The quantitative estimate of drug-likeness (QED) is 0.895. The number of rotatable bonds is 3. The van der Waals surface area contributed by atoms with Crippen molar-refractivity contribution in [3.8, 4) is 11.5 Å². The number of nitrogens with one attached hydrogen (secondary N) is 1. The van der Waals surface area contributed by atoms with Crippen molar-refractivity contribution < 1.29 is 14.6 Å². The van der Waals surface area contributed by atoms with Gasteiger partial charge in [-0.3, -0.25) is 0 Å². The molecular weight excluding hydrogens is 310 g/mol. The van der Waals surface area contributed by atoms with Crippen molar-refractivity contribution in [3.05, 3.63) is 22.2 Å². The molecule has 19 heavy (non-hydrogen) atoms. The topological polar surface area (TPSA) is 50.7 Å². The highest BCUT2D eigenvalue weighted by molar-refractivity contribution is 9.10. The van der Waals surface area contributed by atoms with Gasteiger partial charge in [-0.1, -0.05) is 15.9 Å².